The van der Waals surface area contributed by atoms with E-state index in [-0.39, 0.29) is 11.6 Å². The number of ether oxygens (including phenoxy) is 1. The average molecular weight is 292 g/mol. The summed E-state index contributed by atoms with van der Waals surface area (Å²) in [6, 6.07) is 9.36. The van der Waals surface area contributed by atoms with Crippen molar-refractivity contribution in [3.63, 3.8) is 0 Å². The number of methoxy groups -OCH3 is 1. The summed E-state index contributed by atoms with van der Waals surface area (Å²) in [5, 5.41) is 0. The Kier molecular flexibility index (Phi) is 4.88. The maximum absolute atomic E-state index is 14.1. The van der Waals surface area contributed by atoms with Crippen molar-refractivity contribution in [2.75, 3.05) is 7.11 Å². The first-order chi connectivity index (χ1) is 10.1. The summed E-state index contributed by atoms with van der Waals surface area (Å²) in [5.41, 5.74) is 4.31. The van der Waals surface area contributed by atoms with Crippen molar-refractivity contribution in [3.05, 3.63) is 64.7 Å². The fourth-order valence-corrected chi connectivity index (χ4v) is 2.27. The van der Waals surface area contributed by atoms with Crippen LogP contribution in [0.15, 0.2) is 36.4 Å². The molecule has 3 nitrogen and oxygen atoms in total. The van der Waals surface area contributed by atoms with Crippen LogP contribution in [0.3, 0.4) is 0 Å². The molecule has 5 heteroatoms. The Bertz CT molecular complexity index is 632. The van der Waals surface area contributed by atoms with Crippen LogP contribution >= 0.6 is 0 Å². The summed E-state index contributed by atoms with van der Waals surface area (Å²) >= 11 is 0. The van der Waals surface area contributed by atoms with E-state index in [2.05, 4.69) is 5.43 Å². The molecule has 2 aromatic rings. The van der Waals surface area contributed by atoms with Crippen molar-refractivity contribution >= 4 is 0 Å². The quantitative estimate of drug-likeness (QED) is 0.658. The van der Waals surface area contributed by atoms with Gasteiger partial charge >= 0.3 is 0 Å². The third-order valence-electron chi connectivity index (χ3n) is 3.45. The summed E-state index contributed by atoms with van der Waals surface area (Å²) in [6.45, 7) is 1.69. The van der Waals surface area contributed by atoms with Crippen LogP contribution in [-0.2, 0) is 6.42 Å². The zero-order chi connectivity index (χ0) is 15.4. The molecule has 3 N–H and O–H groups in total. The molecule has 0 saturated carbocycles. The highest BCUT2D eigenvalue weighted by Gasteiger charge is 2.17. The highest BCUT2D eigenvalue weighted by molar-refractivity contribution is 5.32. The monoisotopic (exact) mass is 292 g/mol. The Morgan fingerprint density at radius 2 is 2.00 bits per heavy atom. The van der Waals surface area contributed by atoms with Gasteiger partial charge in [-0.2, -0.15) is 0 Å². The largest absolute Gasteiger partial charge is 0.494 e. The lowest BCUT2D eigenvalue weighted by molar-refractivity contribution is 0.386. The van der Waals surface area contributed by atoms with Crippen LogP contribution in [0.1, 0.15) is 22.7 Å². The number of hydrogen-bond donors (Lipinski definition) is 2. The predicted octanol–water partition coefficient (Wildman–Crippen LogP) is 3.03. The normalized spacial score (nSPS) is 12.2. The molecule has 2 aromatic carbocycles. The van der Waals surface area contributed by atoms with Gasteiger partial charge in [0.25, 0.3) is 0 Å². The van der Waals surface area contributed by atoms with E-state index in [4.69, 9.17) is 10.6 Å². The topological polar surface area (TPSA) is 47.3 Å². The molecule has 21 heavy (non-hydrogen) atoms. The summed E-state index contributed by atoms with van der Waals surface area (Å²) in [6.07, 6.45) is 0.373. The number of hydrogen-bond acceptors (Lipinski definition) is 3. The van der Waals surface area contributed by atoms with Crippen LogP contribution in [-0.4, -0.2) is 7.11 Å². The van der Waals surface area contributed by atoms with E-state index in [1.807, 2.05) is 0 Å². The zero-order valence-electron chi connectivity index (χ0n) is 12.0. The highest BCUT2D eigenvalue weighted by atomic mass is 19.1. The first-order valence-corrected chi connectivity index (χ1v) is 6.60. The Morgan fingerprint density at radius 1 is 1.24 bits per heavy atom. The molecule has 0 spiro atoms. The smallest absolute Gasteiger partial charge is 0.165 e. The van der Waals surface area contributed by atoms with Gasteiger partial charge in [0.15, 0.2) is 11.6 Å². The minimum atomic E-state index is -0.449. The molecule has 1 atom stereocenters. The Morgan fingerprint density at radius 3 is 2.62 bits per heavy atom. The molecule has 0 bridgehead atoms. The molecule has 0 heterocycles. The molecule has 0 aliphatic rings. The number of nitrogens with two attached hydrogens (primary N) is 1. The van der Waals surface area contributed by atoms with Crippen LogP contribution in [0.25, 0.3) is 0 Å². The molecule has 0 amide bonds. The maximum atomic E-state index is 14.1. The van der Waals surface area contributed by atoms with Gasteiger partial charge in [-0.3, -0.25) is 11.3 Å². The molecular weight excluding hydrogens is 274 g/mol. The van der Waals surface area contributed by atoms with E-state index in [0.717, 1.165) is 0 Å². The Balaban J connectivity index is 2.27. The van der Waals surface area contributed by atoms with Crippen molar-refractivity contribution < 1.29 is 13.5 Å². The minimum Gasteiger partial charge on any atom is -0.494 e. The molecule has 0 fully saturated rings. The predicted molar refractivity (Wildman–Crippen MR) is 77.9 cm³/mol. The van der Waals surface area contributed by atoms with Crippen molar-refractivity contribution in [2.24, 2.45) is 5.84 Å². The van der Waals surface area contributed by atoms with Crippen LogP contribution in [0.5, 0.6) is 5.75 Å². The van der Waals surface area contributed by atoms with Crippen molar-refractivity contribution in [3.8, 4) is 5.75 Å². The number of nitrogens with one attached hydrogen (secondary N) is 1. The van der Waals surface area contributed by atoms with Gasteiger partial charge in [0.2, 0.25) is 0 Å². The number of hydrazine groups is 1. The van der Waals surface area contributed by atoms with Gasteiger partial charge < -0.3 is 4.74 Å². The number of halogens is 2. The average Bonchev–Trinajstić information content (AvgIpc) is 2.48. The van der Waals surface area contributed by atoms with E-state index in [0.29, 0.717) is 23.1 Å². The summed E-state index contributed by atoms with van der Waals surface area (Å²) in [4.78, 5) is 0. The van der Waals surface area contributed by atoms with Crippen molar-refractivity contribution in [2.45, 2.75) is 19.4 Å². The van der Waals surface area contributed by atoms with Crippen molar-refractivity contribution in [1.82, 2.24) is 5.43 Å². The molecule has 112 valence electrons. The standard InChI is InChI=1S/C16H18F2N2O/c1-10-4-3-5-12(16(10)18)14(20-19)9-11-6-7-15(21-2)13(17)8-11/h3-8,14,20H,9,19H2,1-2H3. The summed E-state index contributed by atoms with van der Waals surface area (Å²) in [5.74, 6) is 4.96. The van der Waals surface area contributed by atoms with Gasteiger partial charge in [-0.25, -0.2) is 8.78 Å². The molecule has 0 aliphatic heterocycles. The molecular formula is C16H18F2N2O. The van der Waals surface area contributed by atoms with Gasteiger partial charge in [-0.1, -0.05) is 24.3 Å². The lowest BCUT2D eigenvalue weighted by Crippen LogP contribution is -2.30. The van der Waals surface area contributed by atoms with Crippen molar-refractivity contribution in [1.29, 1.82) is 0 Å². The minimum absolute atomic E-state index is 0.178. The van der Waals surface area contributed by atoms with Gasteiger partial charge in [-0.05, 0) is 36.6 Å². The fraction of sp³-hybridized carbons (Fsp3) is 0.250. The lowest BCUT2D eigenvalue weighted by atomic mass is 9.97. The van der Waals surface area contributed by atoms with Crippen LogP contribution in [0.4, 0.5) is 8.78 Å². The van der Waals surface area contributed by atoms with E-state index in [1.165, 1.54) is 13.2 Å². The highest BCUT2D eigenvalue weighted by Crippen LogP contribution is 2.25. The van der Waals surface area contributed by atoms with Gasteiger partial charge in [-0.15, -0.1) is 0 Å². The Hall–Kier alpha value is -1.98. The fourth-order valence-electron chi connectivity index (χ4n) is 2.27. The second kappa shape index (κ2) is 6.65. The zero-order valence-corrected chi connectivity index (χ0v) is 12.0. The molecule has 0 aromatic heterocycles. The van der Waals surface area contributed by atoms with E-state index in [9.17, 15) is 8.78 Å². The van der Waals surface area contributed by atoms with Gasteiger partial charge in [0, 0.05) is 5.56 Å². The first-order valence-electron chi connectivity index (χ1n) is 6.60. The Labute approximate surface area is 122 Å². The second-order valence-corrected chi connectivity index (χ2v) is 4.87. The molecule has 0 radical (unpaired) electrons. The lowest BCUT2D eigenvalue weighted by Gasteiger charge is -2.18. The maximum Gasteiger partial charge on any atom is 0.165 e. The first kappa shape index (κ1) is 15.4. The van der Waals surface area contributed by atoms with Gasteiger partial charge in [0.1, 0.15) is 5.82 Å². The molecule has 1 unspecified atom stereocenters. The number of aryl methyl sites for hydroxylation is 1. The van der Waals surface area contributed by atoms with Crippen LogP contribution in [0.2, 0.25) is 0 Å². The second-order valence-electron chi connectivity index (χ2n) is 4.87. The molecule has 0 aliphatic carbocycles. The van der Waals surface area contributed by atoms with E-state index < -0.39 is 11.9 Å². The van der Waals surface area contributed by atoms with Gasteiger partial charge in [0.05, 0.1) is 13.2 Å². The van der Waals surface area contributed by atoms with E-state index in [1.54, 1.807) is 37.3 Å². The molecule has 2 rings (SSSR count). The number of rotatable bonds is 5. The van der Waals surface area contributed by atoms with E-state index >= 15 is 0 Å². The molecule has 0 saturated heterocycles. The van der Waals surface area contributed by atoms with Crippen LogP contribution < -0.4 is 16.0 Å². The summed E-state index contributed by atoms with van der Waals surface area (Å²) in [7, 11) is 1.41. The number of benzene rings is 2. The SMILES string of the molecule is COc1ccc(CC(NN)c2cccc(C)c2F)cc1F. The van der Waals surface area contributed by atoms with Crippen LogP contribution in [0, 0.1) is 18.6 Å². The summed E-state index contributed by atoms with van der Waals surface area (Å²) < 4.78 is 32.7. The third-order valence-corrected chi connectivity index (χ3v) is 3.45. The third kappa shape index (κ3) is 3.37.